The molecule has 1 aromatic heterocycles. The SMILES string of the molecule is CCCCCCn1c(=O)[nH]c(=O)c2cccc(C)c21. The highest BCUT2D eigenvalue weighted by Crippen LogP contribution is 2.14. The first-order valence-corrected chi connectivity index (χ1v) is 6.87. The van der Waals surface area contributed by atoms with Crippen molar-refractivity contribution < 1.29 is 0 Å². The van der Waals surface area contributed by atoms with Gasteiger partial charge in [-0.1, -0.05) is 38.3 Å². The Bertz CT molecular complexity index is 683. The number of benzene rings is 1. The van der Waals surface area contributed by atoms with Crippen LogP contribution in [0.5, 0.6) is 0 Å². The van der Waals surface area contributed by atoms with Crippen LogP contribution in [-0.2, 0) is 6.54 Å². The van der Waals surface area contributed by atoms with Crippen LogP contribution in [0.2, 0.25) is 0 Å². The molecule has 19 heavy (non-hydrogen) atoms. The normalized spacial score (nSPS) is 11.1. The Morgan fingerprint density at radius 1 is 1.16 bits per heavy atom. The maximum atomic E-state index is 12.0. The van der Waals surface area contributed by atoms with Crippen LogP contribution in [0.1, 0.15) is 38.2 Å². The van der Waals surface area contributed by atoms with Gasteiger partial charge in [0.25, 0.3) is 5.56 Å². The van der Waals surface area contributed by atoms with Gasteiger partial charge in [-0.25, -0.2) is 4.79 Å². The molecule has 0 saturated heterocycles. The van der Waals surface area contributed by atoms with Crippen molar-refractivity contribution in [2.24, 2.45) is 0 Å². The van der Waals surface area contributed by atoms with Crippen LogP contribution in [0.25, 0.3) is 10.9 Å². The van der Waals surface area contributed by atoms with Crippen LogP contribution in [0.15, 0.2) is 27.8 Å². The Morgan fingerprint density at radius 3 is 2.68 bits per heavy atom. The van der Waals surface area contributed by atoms with Crippen molar-refractivity contribution in [2.45, 2.75) is 46.1 Å². The van der Waals surface area contributed by atoms with E-state index in [4.69, 9.17) is 0 Å². The second-order valence-corrected chi connectivity index (χ2v) is 4.94. The fraction of sp³-hybridized carbons (Fsp3) is 0.467. The van der Waals surface area contributed by atoms with E-state index in [-0.39, 0.29) is 11.2 Å². The molecule has 2 rings (SSSR count). The van der Waals surface area contributed by atoms with Gasteiger partial charge in [-0.15, -0.1) is 0 Å². The van der Waals surface area contributed by atoms with E-state index in [1.807, 2.05) is 19.1 Å². The summed E-state index contributed by atoms with van der Waals surface area (Å²) in [5.41, 5.74) is 1.14. The third-order valence-corrected chi connectivity index (χ3v) is 3.45. The zero-order chi connectivity index (χ0) is 13.8. The lowest BCUT2D eigenvalue weighted by Gasteiger charge is -2.11. The van der Waals surface area contributed by atoms with E-state index in [2.05, 4.69) is 11.9 Å². The number of hydrogen-bond acceptors (Lipinski definition) is 2. The maximum Gasteiger partial charge on any atom is 0.328 e. The molecule has 1 N–H and O–H groups in total. The summed E-state index contributed by atoms with van der Waals surface area (Å²) in [6, 6.07) is 5.55. The van der Waals surface area contributed by atoms with Crippen LogP contribution < -0.4 is 11.2 Å². The molecule has 0 aliphatic rings. The van der Waals surface area contributed by atoms with Crippen molar-refractivity contribution in [1.29, 1.82) is 0 Å². The summed E-state index contributed by atoms with van der Waals surface area (Å²) in [4.78, 5) is 26.2. The van der Waals surface area contributed by atoms with Gasteiger partial charge < -0.3 is 0 Å². The zero-order valence-electron chi connectivity index (χ0n) is 11.5. The zero-order valence-corrected chi connectivity index (χ0v) is 11.5. The lowest BCUT2D eigenvalue weighted by molar-refractivity contribution is 0.573. The highest BCUT2D eigenvalue weighted by atomic mass is 16.2. The molecule has 2 aromatic rings. The number of aromatic amines is 1. The topological polar surface area (TPSA) is 54.9 Å². The summed E-state index contributed by atoms with van der Waals surface area (Å²) < 4.78 is 1.70. The molecule has 0 aliphatic carbocycles. The van der Waals surface area contributed by atoms with E-state index in [0.29, 0.717) is 11.9 Å². The standard InChI is InChI=1S/C15H20N2O2/c1-3-4-5-6-10-17-13-11(2)8-7-9-12(13)14(18)16-15(17)19/h7-9H,3-6,10H2,1-2H3,(H,16,18,19). The summed E-state index contributed by atoms with van der Waals surface area (Å²) >= 11 is 0. The highest BCUT2D eigenvalue weighted by molar-refractivity contribution is 5.81. The Balaban J connectivity index is 2.47. The van der Waals surface area contributed by atoms with Gasteiger partial charge in [-0.05, 0) is 25.0 Å². The number of aromatic nitrogens is 2. The van der Waals surface area contributed by atoms with Crippen molar-refractivity contribution in [3.63, 3.8) is 0 Å². The third kappa shape index (κ3) is 2.78. The number of unbranched alkanes of at least 4 members (excludes halogenated alkanes) is 3. The Hall–Kier alpha value is -1.84. The van der Waals surface area contributed by atoms with E-state index >= 15 is 0 Å². The molecule has 4 heteroatoms. The van der Waals surface area contributed by atoms with Gasteiger partial charge in [0, 0.05) is 6.54 Å². The van der Waals surface area contributed by atoms with Gasteiger partial charge in [0.15, 0.2) is 0 Å². The minimum atomic E-state index is -0.303. The first kappa shape index (κ1) is 13.6. The summed E-state index contributed by atoms with van der Waals surface area (Å²) in [5.74, 6) is 0. The smallest absolute Gasteiger partial charge is 0.293 e. The minimum absolute atomic E-state index is 0.298. The van der Waals surface area contributed by atoms with E-state index in [1.54, 1.807) is 10.6 Å². The fourth-order valence-corrected chi connectivity index (χ4v) is 2.44. The van der Waals surface area contributed by atoms with Crippen molar-refractivity contribution in [2.75, 3.05) is 0 Å². The molecule has 0 bridgehead atoms. The summed E-state index contributed by atoms with van der Waals surface area (Å²) in [7, 11) is 0. The Labute approximate surface area is 112 Å². The van der Waals surface area contributed by atoms with Crippen LogP contribution in [-0.4, -0.2) is 9.55 Å². The predicted molar refractivity (Wildman–Crippen MR) is 77.7 cm³/mol. The van der Waals surface area contributed by atoms with Gasteiger partial charge in [-0.2, -0.15) is 0 Å². The molecule has 0 atom stereocenters. The number of nitrogens with zero attached hydrogens (tertiary/aromatic N) is 1. The van der Waals surface area contributed by atoms with E-state index in [1.165, 1.54) is 12.8 Å². The van der Waals surface area contributed by atoms with E-state index in [0.717, 1.165) is 23.9 Å². The number of nitrogens with one attached hydrogen (secondary N) is 1. The molecule has 0 unspecified atom stereocenters. The number of rotatable bonds is 5. The number of hydrogen-bond donors (Lipinski definition) is 1. The average molecular weight is 260 g/mol. The van der Waals surface area contributed by atoms with Gasteiger partial charge in [0.05, 0.1) is 10.9 Å². The number of aryl methyl sites for hydroxylation is 2. The first-order chi connectivity index (χ1) is 9.15. The quantitative estimate of drug-likeness (QED) is 0.840. The second-order valence-electron chi connectivity index (χ2n) is 4.94. The summed E-state index contributed by atoms with van der Waals surface area (Å²) in [6.45, 7) is 4.76. The minimum Gasteiger partial charge on any atom is -0.293 e. The monoisotopic (exact) mass is 260 g/mol. The predicted octanol–water partition coefficient (Wildman–Crippen LogP) is 2.58. The van der Waals surface area contributed by atoms with Crippen LogP contribution >= 0.6 is 0 Å². The molecule has 0 fully saturated rings. The van der Waals surface area contributed by atoms with Gasteiger partial charge >= 0.3 is 5.69 Å². The lowest BCUT2D eigenvalue weighted by atomic mass is 10.1. The van der Waals surface area contributed by atoms with Crippen LogP contribution in [0.3, 0.4) is 0 Å². The lowest BCUT2D eigenvalue weighted by Crippen LogP contribution is -2.30. The molecule has 1 heterocycles. The average Bonchev–Trinajstić information content (AvgIpc) is 2.38. The molecule has 0 spiro atoms. The van der Waals surface area contributed by atoms with Gasteiger partial charge in [0.1, 0.15) is 0 Å². The maximum absolute atomic E-state index is 12.0. The Kier molecular flexibility index (Phi) is 4.20. The molecule has 0 radical (unpaired) electrons. The van der Waals surface area contributed by atoms with Crippen molar-refractivity contribution in [1.82, 2.24) is 9.55 Å². The number of para-hydroxylation sites is 1. The van der Waals surface area contributed by atoms with Crippen LogP contribution in [0.4, 0.5) is 0 Å². The molecule has 0 amide bonds. The third-order valence-electron chi connectivity index (χ3n) is 3.45. The summed E-state index contributed by atoms with van der Waals surface area (Å²) in [6.07, 6.45) is 4.41. The second kappa shape index (κ2) is 5.87. The molecule has 4 nitrogen and oxygen atoms in total. The Morgan fingerprint density at radius 2 is 1.95 bits per heavy atom. The molecule has 1 aromatic carbocycles. The van der Waals surface area contributed by atoms with E-state index in [9.17, 15) is 9.59 Å². The molecule has 0 aliphatic heterocycles. The fourth-order valence-electron chi connectivity index (χ4n) is 2.44. The number of H-pyrrole nitrogens is 1. The number of fused-ring (bicyclic) bond motifs is 1. The molecule has 0 saturated carbocycles. The van der Waals surface area contributed by atoms with Crippen LogP contribution in [0, 0.1) is 6.92 Å². The van der Waals surface area contributed by atoms with Gasteiger partial charge in [0.2, 0.25) is 0 Å². The van der Waals surface area contributed by atoms with Crippen molar-refractivity contribution >= 4 is 10.9 Å². The largest absolute Gasteiger partial charge is 0.328 e. The first-order valence-electron chi connectivity index (χ1n) is 6.87. The molecular weight excluding hydrogens is 240 g/mol. The summed E-state index contributed by atoms with van der Waals surface area (Å²) in [5, 5.41) is 0.593. The van der Waals surface area contributed by atoms with Gasteiger partial charge in [-0.3, -0.25) is 14.3 Å². The molecular formula is C15H20N2O2. The van der Waals surface area contributed by atoms with Crippen molar-refractivity contribution in [3.8, 4) is 0 Å². The highest BCUT2D eigenvalue weighted by Gasteiger charge is 2.08. The molecule has 102 valence electrons. The van der Waals surface area contributed by atoms with Crippen molar-refractivity contribution in [3.05, 3.63) is 44.6 Å². The van der Waals surface area contributed by atoms with E-state index < -0.39 is 0 Å².